The fraction of sp³-hybridized carbons (Fsp3) is 0.389. The highest BCUT2D eigenvalue weighted by molar-refractivity contribution is 7.99. The molecule has 1 aliphatic rings. The van der Waals surface area contributed by atoms with Gasteiger partial charge in [-0.05, 0) is 50.3 Å². The lowest BCUT2D eigenvalue weighted by molar-refractivity contribution is -0.142. The summed E-state index contributed by atoms with van der Waals surface area (Å²) in [5, 5.41) is 2.72. The molecule has 8 heteroatoms. The van der Waals surface area contributed by atoms with Crippen molar-refractivity contribution >= 4 is 23.4 Å². The molecule has 1 heterocycles. The molecule has 138 valence electrons. The van der Waals surface area contributed by atoms with Crippen molar-refractivity contribution < 1.29 is 18.0 Å². The minimum Gasteiger partial charge on any atom is -0.325 e. The second-order valence-electron chi connectivity index (χ2n) is 6.19. The average molecular weight is 381 g/mol. The van der Waals surface area contributed by atoms with Crippen LogP contribution in [0.1, 0.15) is 35.4 Å². The Kier molecular flexibility index (Phi) is 5.50. The van der Waals surface area contributed by atoms with Gasteiger partial charge >= 0.3 is 6.18 Å². The second-order valence-corrected chi connectivity index (χ2v) is 7.13. The lowest BCUT2D eigenvalue weighted by atomic mass is 9.94. The number of alkyl halides is 3. The maximum Gasteiger partial charge on any atom is 0.433 e. The number of fused-ring (bicyclic) bond motifs is 1. The zero-order valence-corrected chi connectivity index (χ0v) is 15.0. The summed E-state index contributed by atoms with van der Waals surface area (Å²) in [4.78, 5) is 20.0. The van der Waals surface area contributed by atoms with Crippen molar-refractivity contribution in [2.45, 2.75) is 43.9 Å². The van der Waals surface area contributed by atoms with Gasteiger partial charge in [-0.1, -0.05) is 23.9 Å². The molecule has 1 N–H and O–H groups in total. The molecule has 0 radical (unpaired) electrons. The quantitative estimate of drug-likeness (QED) is 0.629. The first kappa shape index (κ1) is 18.7. The standard InChI is InChI=1S/C18H18F3N3OS/c1-11-5-4-6-12(9-11)22-15(25)10-26-17-23-14-8-3-2-7-13(14)16(24-17)18(19,20)21/h4-6,9H,2-3,7-8,10H2,1H3,(H,22,25). The van der Waals surface area contributed by atoms with Crippen LogP contribution in [0.2, 0.25) is 0 Å². The van der Waals surface area contributed by atoms with Gasteiger partial charge in [-0.2, -0.15) is 13.2 Å². The van der Waals surface area contributed by atoms with Gasteiger partial charge in [0.1, 0.15) is 0 Å². The summed E-state index contributed by atoms with van der Waals surface area (Å²) in [6.45, 7) is 1.91. The van der Waals surface area contributed by atoms with E-state index in [9.17, 15) is 18.0 Å². The number of carbonyl (C=O) groups is 1. The monoisotopic (exact) mass is 381 g/mol. The minimum atomic E-state index is -4.51. The molecule has 3 rings (SSSR count). The summed E-state index contributed by atoms with van der Waals surface area (Å²) in [5.74, 6) is -0.361. The maximum absolute atomic E-state index is 13.3. The van der Waals surface area contributed by atoms with Gasteiger partial charge in [0, 0.05) is 16.9 Å². The lowest BCUT2D eigenvalue weighted by Crippen LogP contribution is -2.20. The Hall–Kier alpha value is -2.09. The Bertz CT molecular complexity index is 824. The molecule has 1 aromatic carbocycles. The van der Waals surface area contributed by atoms with Gasteiger partial charge < -0.3 is 5.32 Å². The van der Waals surface area contributed by atoms with Crippen LogP contribution in [0, 0.1) is 6.92 Å². The van der Waals surface area contributed by atoms with Crippen molar-refractivity contribution in [3.63, 3.8) is 0 Å². The number of hydrogen-bond donors (Lipinski definition) is 1. The van der Waals surface area contributed by atoms with Crippen molar-refractivity contribution in [1.29, 1.82) is 0 Å². The summed E-state index contributed by atoms with van der Waals surface area (Å²) >= 11 is 0.921. The molecule has 0 bridgehead atoms. The fourth-order valence-electron chi connectivity index (χ4n) is 2.92. The van der Waals surface area contributed by atoms with E-state index < -0.39 is 11.9 Å². The first-order chi connectivity index (χ1) is 12.3. The third-order valence-electron chi connectivity index (χ3n) is 4.07. The Morgan fingerprint density at radius 2 is 2.00 bits per heavy atom. The van der Waals surface area contributed by atoms with E-state index in [1.807, 2.05) is 25.1 Å². The number of hydrogen-bond acceptors (Lipinski definition) is 4. The smallest absolute Gasteiger partial charge is 0.325 e. The summed E-state index contributed by atoms with van der Waals surface area (Å²) in [6.07, 6.45) is -2.11. The van der Waals surface area contributed by atoms with Gasteiger partial charge in [0.25, 0.3) is 0 Å². The molecule has 0 saturated heterocycles. The summed E-state index contributed by atoms with van der Waals surface area (Å²) in [7, 11) is 0. The van der Waals surface area contributed by atoms with Crippen molar-refractivity contribution in [2.24, 2.45) is 0 Å². The summed E-state index contributed by atoms with van der Waals surface area (Å²) < 4.78 is 39.9. The van der Waals surface area contributed by atoms with Crippen LogP contribution in [-0.4, -0.2) is 21.6 Å². The first-order valence-electron chi connectivity index (χ1n) is 8.29. The number of benzene rings is 1. The van der Waals surface area contributed by atoms with Gasteiger partial charge in [0.05, 0.1) is 5.75 Å². The topological polar surface area (TPSA) is 54.9 Å². The van der Waals surface area contributed by atoms with Gasteiger partial charge in [-0.3, -0.25) is 4.79 Å². The molecule has 1 aromatic heterocycles. The molecule has 2 aromatic rings. The Labute approximate surface area is 153 Å². The van der Waals surface area contributed by atoms with Gasteiger partial charge in [0.2, 0.25) is 5.91 Å². The highest BCUT2D eigenvalue weighted by Crippen LogP contribution is 2.35. The predicted octanol–water partition coefficient (Wildman–Crippen LogP) is 4.41. The zero-order chi connectivity index (χ0) is 18.7. The molecule has 0 saturated carbocycles. The van der Waals surface area contributed by atoms with E-state index in [0.717, 1.165) is 23.7 Å². The molecule has 0 fully saturated rings. The summed E-state index contributed by atoms with van der Waals surface area (Å²) in [5.41, 5.74) is 1.46. The molecule has 4 nitrogen and oxygen atoms in total. The summed E-state index contributed by atoms with van der Waals surface area (Å²) in [6, 6.07) is 7.30. The molecule has 0 unspecified atom stereocenters. The number of nitrogens with zero attached hydrogens (tertiary/aromatic N) is 2. The number of thioether (sulfide) groups is 1. The number of aromatic nitrogens is 2. The van der Waals surface area contributed by atoms with Crippen molar-refractivity contribution in [2.75, 3.05) is 11.1 Å². The van der Waals surface area contributed by atoms with Crippen LogP contribution in [0.5, 0.6) is 0 Å². The molecule has 0 spiro atoms. The van der Waals surface area contributed by atoms with Crippen LogP contribution in [0.25, 0.3) is 0 Å². The van der Waals surface area contributed by atoms with Gasteiger partial charge in [-0.25, -0.2) is 9.97 Å². The first-order valence-corrected chi connectivity index (χ1v) is 9.28. The van der Waals surface area contributed by atoms with E-state index in [4.69, 9.17) is 0 Å². The number of carbonyl (C=O) groups excluding carboxylic acids is 1. The number of halogens is 3. The van der Waals surface area contributed by atoms with Crippen LogP contribution in [-0.2, 0) is 23.8 Å². The van der Waals surface area contributed by atoms with E-state index in [2.05, 4.69) is 15.3 Å². The highest BCUT2D eigenvalue weighted by Gasteiger charge is 2.38. The van der Waals surface area contributed by atoms with Crippen LogP contribution in [0.3, 0.4) is 0 Å². The Morgan fingerprint density at radius 1 is 1.23 bits per heavy atom. The highest BCUT2D eigenvalue weighted by atomic mass is 32.2. The fourth-order valence-corrected chi connectivity index (χ4v) is 3.58. The van der Waals surface area contributed by atoms with E-state index >= 15 is 0 Å². The van der Waals surface area contributed by atoms with Gasteiger partial charge in [0.15, 0.2) is 10.9 Å². The zero-order valence-electron chi connectivity index (χ0n) is 14.2. The Balaban J connectivity index is 1.72. The minimum absolute atomic E-state index is 0.00244. The number of nitrogens with one attached hydrogen (secondary N) is 1. The number of anilines is 1. The molecule has 26 heavy (non-hydrogen) atoms. The number of rotatable bonds is 4. The molecule has 0 aliphatic heterocycles. The second kappa shape index (κ2) is 7.65. The SMILES string of the molecule is Cc1cccc(NC(=O)CSc2nc3c(c(C(F)(F)F)n2)CCCC3)c1. The van der Waals surface area contributed by atoms with Crippen LogP contribution in [0.15, 0.2) is 29.4 Å². The molecule has 1 amide bonds. The predicted molar refractivity (Wildman–Crippen MR) is 94.2 cm³/mol. The van der Waals surface area contributed by atoms with E-state index in [0.29, 0.717) is 30.6 Å². The van der Waals surface area contributed by atoms with Gasteiger partial charge in [-0.15, -0.1) is 0 Å². The maximum atomic E-state index is 13.3. The van der Waals surface area contributed by atoms with Crippen molar-refractivity contribution in [3.05, 3.63) is 46.8 Å². The van der Waals surface area contributed by atoms with Crippen LogP contribution >= 0.6 is 11.8 Å². The van der Waals surface area contributed by atoms with Crippen LogP contribution < -0.4 is 5.32 Å². The average Bonchev–Trinajstić information content (AvgIpc) is 2.58. The molecular weight excluding hydrogens is 363 g/mol. The normalized spacial score (nSPS) is 14.0. The Morgan fingerprint density at radius 3 is 2.73 bits per heavy atom. The third kappa shape index (κ3) is 4.55. The molecular formula is C18H18F3N3OS. The van der Waals surface area contributed by atoms with E-state index in [-0.39, 0.29) is 22.4 Å². The lowest BCUT2D eigenvalue weighted by Gasteiger charge is -2.20. The number of amides is 1. The largest absolute Gasteiger partial charge is 0.433 e. The van der Waals surface area contributed by atoms with Crippen molar-refractivity contribution in [3.8, 4) is 0 Å². The molecule has 1 aliphatic carbocycles. The van der Waals surface area contributed by atoms with E-state index in [1.165, 1.54) is 0 Å². The third-order valence-corrected chi connectivity index (χ3v) is 4.91. The van der Waals surface area contributed by atoms with Crippen LogP contribution in [0.4, 0.5) is 18.9 Å². The van der Waals surface area contributed by atoms with E-state index in [1.54, 1.807) is 6.07 Å². The molecule has 0 atom stereocenters. The van der Waals surface area contributed by atoms with Crippen molar-refractivity contribution in [1.82, 2.24) is 9.97 Å². The number of aryl methyl sites for hydroxylation is 2.